The van der Waals surface area contributed by atoms with Gasteiger partial charge in [-0.1, -0.05) is 12.1 Å². The molecule has 3 rings (SSSR count). The Morgan fingerprint density at radius 1 is 1.35 bits per heavy atom. The molecule has 20 heavy (non-hydrogen) atoms. The fourth-order valence-electron chi connectivity index (χ4n) is 2.68. The fraction of sp³-hybridized carbons (Fsp3) is 0.333. The van der Waals surface area contributed by atoms with E-state index in [0.717, 1.165) is 26.1 Å². The third kappa shape index (κ3) is 2.44. The van der Waals surface area contributed by atoms with E-state index in [-0.39, 0.29) is 5.91 Å². The van der Waals surface area contributed by atoms with Crippen molar-refractivity contribution in [2.75, 3.05) is 6.54 Å². The van der Waals surface area contributed by atoms with Crippen LogP contribution in [0.2, 0.25) is 0 Å². The smallest absolute Gasteiger partial charge is 0.248 e. The Labute approximate surface area is 118 Å². The summed E-state index contributed by atoms with van der Waals surface area (Å²) in [7, 11) is 2.05. The van der Waals surface area contributed by atoms with Gasteiger partial charge in [-0.2, -0.15) is 0 Å². The predicted octanol–water partition coefficient (Wildman–Crippen LogP) is 1.08. The molecular weight excluding hydrogens is 252 g/mol. The fourth-order valence-corrected chi connectivity index (χ4v) is 2.68. The number of nitrogens with zero attached hydrogens (tertiary/aromatic N) is 3. The molecule has 5 heteroatoms. The van der Waals surface area contributed by atoms with Crippen LogP contribution in [0.4, 0.5) is 0 Å². The highest BCUT2D eigenvalue weighted by Crippen LogP contribution is 2.19. The first kappa shape index (κ1) is 12.9. The van der Waals surface area contributed by atoms with Crippen LogP contribution in [0.5, 0.6) is 0 Å². The molecule has 5 nitrogen and oxygen atoms in total. The van der Waals surface area contributed by atoms with Crippen LogP contribution in [-0.2, 0) is 26.6 Å². The lowest BCUT2D eigenvalue weighted by Crippen LogP contribution is -2.30. The Morgan fingerprint density at radius 2 is 2.10 bits per heavy atom. The standard InChI is InChI=1S/C15H18N4O/c1-18-10-17-13-9-19(7-6-14(13)18)8-11-2-4-12(5-3-11)15(16)20/h2-5,10H,6-9H2,1H3,(H2,16,20). The van der Waals surface area contributed by atoms with Crippen LogP contribution in [0.15, 0.2) is 30.6 Å². The van der Waals surface area contributed by atoms with Gasteiger partial charge in [-0.15, -0.1) is 0 Å². The summed E-state index contributed by atoms with van der Waals surface area (Å²) in [6.07, 6.45) is 2.92. The number of carbonyl (C=O) groups is 1. The van der Waals surface area contributed by atoms with E-state index in [1.807, 2.05) is 25.5 Å². The van der Waals surface area contributed by atoms with Gasteiger partial charge in [-0.05, 0) is 17.7 Å². The molecule has 0 spiro atoms. The van der Waals surface area contributed by atoms with Gasteiger partial charge in [-0.3, -0.25) is 9.69 Å². The third-order valence-corrected chi connectivity index (χ3v) is 3.83. The first-order valence-corrected chi connectivity index (χ1v) is 6.73. The molecule has 0 saturated heterocycles. The van der Waals surface area contributed by atoms with Crippen LogP contribution in [0, 0.1) is 0 Å². The van der Waals surface area contributed by atoms with Crippen molar-refractivity contribution < 1.29 is 4.79 Å². The van der Waals surface area contributed by atoms with E-state index in [1.54, 1.807) is 12.1 Å². The lowest BCUT2D eigenvalue weighted by molar-refractivity contribution is 0.100. The largest absolute Gasteiger partial charge is 0.366 e. The highest BCUT2D eigenvalue weighted by Gasteiger charge is 2.19. The zero-order valence-corrected chi connectivity index (χ0v) is 11.5. The number of amides is 1. The maximum atomic E-state index is 11.0. The predicted molar refractivity (Wildman–Crippen MR) is 76.0 cm³/mol. The van der Waals surface area contributed by atoms with Gasteiger partial charge in [0.05, 0.1) is 12.0 Å². The molecule has 0 unspecified atom stereocenters. The molecule has 0 atom stereocenters. The van der Waals surface area contributed by atoms with Gasteiger partial charge in [0.15, 0.2) is 0 Å². The lowest BCUT2D eigenvalue weighted by atomic mass is 10.1. The average Bonchev–Trinajstić information content (AvgIpc) is 2.81. The summed E-state index contributed by atoms with van der Waals surface area (Å²) in [5.74, 6) is -0.382. The van der Waals surface area contributed by atoms with E-state index < -0.39 is 0 Å². The van der Waals surface area contributed by atoms with Crippen molar-refractivity contribution in [2.24, 2.45) is 12.8 Å². The first-order chi connectivity index (χ1) is 9.63. The molecule has 0 saturated carbocycles. The molecule has 0 bridgehead atoms. The van der Waals surface area contributed by atoms with Crippen molar-refractivity contribution in [2.45, 2.75) is 19.5 Å². The summed E-state index contributed by atoms with van der Waals surface area (Å²) < 4.78 is 2.11. The lowest BCUT2D eigenvalue weighted by Gasteiger charge is -2.26. The number of aromatic nitrogens is 2. The van der Waals surface area contributed by atoms with Crippen molar-refractivity contribution in [3.05, 3.63) is 53.1 Å². The molecule has 0 radical (unpaired) electrons. The summed E-state index contributed by atoms with van der Waals surface area (Å²) >= 11 is 0. The summed E-state index contributed by atoms with van der Waals surface area (Å²) in [6.45, 7) is 2.78. The van der Waals surface area contributed by atoms with E-state index in [0.29, 0.717) is 5.56 Å². The number of hydrogen-bond donors (Lipinski definition) is 1. The van der Waals surface area contributed by atoms with Gasteiger partial charge in [-0.25, -0.2) is 4.98 Å². The monoisotopic (exact) mass is 270 g/mol. The molecule has 1 aliphatic rings. The second kappa shape index (κ2) is 5.09. The minimum Gasteiger partial charge on any atom is -0.366 e. The Balaban J connectivity index is 1.68. The van der Waals surface area contributed by atoms with Gasteiger partial charge >= 0.3 is 0 Å². The zero-order chi connectivity index (χ0) is 14.1. The van der Waals surface area contributed by atoms with Crippen LogP contribution in [0.3, 0.4) is 0 Å². The maximum absolute atomic E-state index is 11.0. The number of imidazole rings is 1. The van der Waals surface area contributed by atoms with Crippen molar-refractivity contribution >= 4 is 5.91 Å². The Bertz CT molecular complexity index is 630. The van der Waals surface area contributed by atoms with E-state index >= 15 is 0 Å². The first-order valence-electron chi connectivity index (χ1n) is 6.73. The number of fused-ring (bicyclic) bond motifs is 1. The molecule has 1 aliphatic heterocycles. The normalized spacial score (nSPS) is 15.1. The molecule has 1 aromatic carbocycles. The van der Waals surface area contributed by atoms with Gasteiger partial charge in [0, 0.05) is 44.4 Å². The minimum absolute atomic E-state index is 0.382. The van der Waals surface area contributed by atoms with E-state index in [1.165, 1.54) is 17.0 Å². The SMILES string of the molecule is Cn1cnc2c1CCN(Cc1ccc(C(N)=O)cc1)C2. The van der Waals surface area contributed by atoms with Crippen molar-refractivity contribution in [3.63, 3.8) is 0 Å². The van der Waals surface area contributed by atoms with Gasteiger partial charge in [0.1, 0.15) is 0 Å². The number of benzene rings is 1. The molecule has 0 aliphatic carbocycles. The Kier molecular flexibility index (Phi) is 3.28. The molecule has 1 amide bonds. The second-order valence-electron chi connectivity index (χ2n) is 5.27. The second-order valence-corrected chi connectivity index (χ2v) is 5.27. The Hall–Kier alpha value is -2.14. The molecule has 2 N–H and O–H groups in total. The van der Waals surface area contributed by atoms with Crippen molar-refractivity contribution in [3.8, 4) is 0 Å². The molecule has 2 heterocycles. The molecular formula is C15H18N4O. The zero-order valence-electron chi connectivity index (χ0n) is 11.5. The third-order valence-electron chi connectivity index (χ3n) is 3.83. The van der Waals surface area contributed by atoms with Crippen LogP contribution >= 0.6 is 0 Å². The van der Waals surface area contributed by atoms with Crippen molar-refractivity contribution in [1.82, 2.24) is 14.5 Å². The van der Waals surface area contributed by atoms with Crippen molar-refractivity contribution in [1.29, 1.82) is 0 Å². The highest BCUT2D eigenvalue weighted by molar-refractivity contribution is 5.92. The van der Waals surface area contributed by atoms with Crippen LogP contribution < -0.4 is 5.73 Å². The van der Waals surface area contributed by atoms with Crippen LogP contribution in [0.1, 0.15) is 27.3 Å². The summed E-state index contributed by atoms with van der Waals surface area (Å²) in [4.78, 5) is 17.9. The van der Waals surface area contributed by atoms with E-state index in [2.05, 4.69) is 14.5 Å². The molecule has 1 aromatic heterocycles. The number of rotatable bonds is 3. The molecule has 2 aromatic rings. The van der Waals surface area contributed by atoms with E-state index in [9.17, 15) is 4.79 Å². The number of hydrogen-bond acceptors (Lipinski definition) is 3. The highest BCUT2D eigenvalue weighted by atomic mass is 16.1. The number of carbonyl (C=O) groups excluding carboxylic acids is 1. The molecule has 0 fully saturated rings. The topological polar surface area (TPSA) is 64.2 Å². The summed E-state index contributed by atoms with van der Waals surface area (Å²) in [6, 6.07) is 7.50. The number of nitrogens with two attached hydrogens (primary N) is 1. The summed E-state index contributed by atoms with van der Waals surface area (Å²) in [5, 5.41) is 0. The van der Waals surface area contributed by atoms with Gasteiger partial charge in [0.2, 0.25) is 5.91 Å². The van der Waals surface area contributed by atoms with Crippen LogP contribution in [-0.4, -0.2) is 26.9 Å². The Morgan fingerprint density at radius 3 is 2.80 bits per heavy atom. The summed E-state index contributed by atoms with van der Waals surface area (Å²) in [5.41, 5.74) is 9.50. The minimum atomic E-state index is -0.382. The van der Waals surface area contributed by atoms with E-state index in [4.69, 9.17) is 5.73 Å². The van der Waals surface area contributed by atoms with Gasteiger partial charge < -0.3 is 10.3 Å². The van der Waals surface area contributed by atoms with Gasteiger partial charge in [0.25, 0.3) is 0 Å². The number of aryl methyl sites for hydroxylation is 1. The maximum Gasteiger partial charge on any atom is 0.248 e. The number of primary amides is 1. The quantitative estimate of drug-likeness (QED) is 0.907. The molecule has 104 valence electrons. The van der Waals surface area contributed by atoms with Crippen LogP contribution in [0.25, 0.3) is 0 Å². The average molecular weight is 270 g/mol.